The maximum absolute atomic E-state index is 8.71. The second-order valence-electron chi connectivity index (χ2n) is 15.0. The van der Waals surface area contributed by atoms with Crippen LogP contribution in [0.15, 0.2) is 65.2 Å². The summed E-state index contributed by atoms with van der Waals surface area (Å²) in [5.74, 6) is 0.617. The molecule has 0 amide bonds. The van der Waals surface area contributed by atoms with Crippen LogP contribution in [-0.2, 0) is 9.31 Å². The van der Waals surface area contributed by atoms with Gasteiger partial charge in [-0.1, -0.05) is 58.6 Å². The number of anilines is 2. The quantitative estimate of drug-likeness (QED) is 0.0985. The van der Waals surface area contributed by atoms with Crippen molar-refractivity contribution in [2.75, 3.05) is 11.5 Å². The number of benzene rings is 4. The molecule has 1 aliphatic heterocycles. The average Bonchev–Trinajstić information content (AvgIpc) is 3.36. The van der Waals surface area contributed by atoms with Crippen molar-refractivity contribution in [1.82, 2.24) is 19.9 Å². The van der Waals surface area contributed by atoms with Gasteiger partial charge in [-0.15, -0.1) is 0 Å². The molecule has 6 aromatic rings. The number of nitrogen functional groups attached to an aromatic ring is 2. The van der Waals surface area contributed by atoms with Crippen LogP contribution >= 0.6 is 62.3 Å². The van der Waals surface area contributed by atoms with Gasteiger partial charge < -0.3 is 20.8 Å². The number of halogens is 5. The van der Waals surface area contributed by atoms with E-state index in [0.29, 0.717) is 43.5 Å². The molecule has 0 saturated carbocycles. The molecule has 4 N–H and O–H groups in total. The lowest BCUT2D eigenvalue weighted by Gasteiger charge is -2.32. The zero-order valence-corrected chi connectivity index (χ0v) is 38.7. The van der Waals surface area contributed by atoms with Crippen LogP contribution in [-0.4, -0.2) is 38.3 Å². The molecule has 2 aromatic heterocycles. The van der Waals surface area contributed by atoms with Crippen LogP contribution in [0, 0.1) is 50.4 Å². The van der Waals surface area contributed by atoms with Crippen LogP contribution in [0.1, 0.15) is 61.1 Å². The Labute approximate surface area is 378 Å². The molecule has 1 fully saturated rings. The first-order valence-corrected chi connectivity index (χ1v) is 20.7. The van der Waals surface area contributed by atoms with E-state index in [1.165, 1.54) is 12.2 Å². The fourth-order valence-electron chi connectivity index (χ4n) is 6.76. The smallest absolute Gasteiger partial charge is 0.399 e. The summed E-state index contributed by atoms with van der Waals surface area (Å²) in [7, 11) is -0.344. The Hall–Kier alpha value is -4.76. The predicted octanol–water partition coefficient (Wildman–Crippen LogP) is 11.8. The normalized spacial score (nSPS) is 14.2. The fraction of sp³-hybridized carbons (Fsp3) is 0.227. The predicted molar refractivity (Wildman–Crippen MR) is 251 cm³/mol. The molecule has 0 unspecified atom stereocenters. The highest BCUT2D eigenvalue weighted by Crippen LogP contribution is 2.39. The average molecular weight is 945 g/mol. The number of aromatic nitrogens is 4. The van der Waals surface area contributed by atoms with Gasteiger partial charge in [0.2, 0.25) is 10.6 Å². The summed E-state index contributed by atoms with van der Waals surface area (Å²) in [5.41, 5.74) is 21.5. The molecule has 0 atom stereocenters. The third kappa shape index (κ3) is 10.4. The molecule has 1 saturated heterocycles. The van der Waals surface area contributed by atoms with Crippen molar-refractivity contribution in [2.24, 2.45) is 0 Å². The van der Waals surface area contributed by atoms with E-state index in [-0.39, 0.29) is 28.9 Å². The highest BCUT2D eigenvalue weighted by molar-refractivity contribution is 9.10. The van der Waals surface area contributed by atoms with Crippen LogP contribution in [0.25, 0.3) is 45.1 Å². The Kier molecular flexibility index (Phi) is 14.6. The number of rotatable bonds is 4. The lowest BCUT2D eigenvalue weighted by molar-refractivity contribution is 0.00578. The SMILES string of the molecule is Cc1cc(/C=C/C#N)cc(C)c1-c1cc(Cl)cc2c(N)nc(Cl)nc12.Cc1cc(/C=C/C#N)cc(C)c1B1OC(C)(C)C(C)(C)O1.Nc1nc(Cl)nc2c(Br)cc(Cl)cc12. The number of hydrogen-bond acceptors (Lipinski definition) is 10. The van der Waals surface area contributed by atoms with Gasteiger partial charge in [0, 0.05) is 43.0 Å². The number of nitrogens with two attached hydrogens (primary N) is 2. The van der Waals surface area contributed by atoms with E-state index in [2.05, 4.69) is 89.5 Å². The van der Waals surface area contributed by atoms with E-state index in [1.807, 2.05) is 50.3 Å². The first-order valence-electron chi connectivity index (χ1n) is 18.4. The molecule has 306 valence electrons. The van der Waals surface area contributed by atoms with E-state index in [0.717, 1.165) is 54.4 Å². The number of fused-ring (bicyclic) bond motifs is 2. The van der Waals surface area contributed by atoms with Crippen LogP contribution in [0.2, 0.25) is 20.6 Å². The Morgan fingerprint density at radius 3 is 1.52 bits per heavy atom. The number of hydrogen-bond donors (Lipinski definition) is 2. The third-order valence-electron chi connectivity index (χ3n) is 10.1. The van der Waals surface area contributed by atoms with Crippen molar-refractivity contribution in [3.63, 3.8) is 0 Å². The standard InChI is InChI=1S/C19H14Cl2N4.C17H22BNO2.C8H4BrCl2N3/c1-10-6-12(4-3-5-22)7-11(2)16(10)14-8-13(20)9-15-17(14)24-19(21)25-18(15)23;1-12-10-14(8-7-9-19)11-13(2)15(12)18-20-16(3,4)17(5,6)21-18;9-5-2-3(10)1-4-6(5)13-8(11)14-7(4)12/h3-4,6-9H,1-2H3,(H2,23,24,25);7-8,10-11H,1-6H3;1-2H,(H2,12,13,14)/b4-3+;8-7+;. The highest BCUT2D eigenvalue weighted by Gasteiger charge is 2.52. The van der Waals surface area contributed by atoms with Gasteiger partial charge in [0.15, 0.2) is 0 Å². The number of nitriles is 2. The first kappa shape index (κ1) is 46.3. The van der Waals surface area contributed by atoms with Crippen molar-refractivity contribution in [3.05, 3.63) is 119 Å². The summed E-state index contributed by atoms with van der Waals surface area (Å²) in [6, 6.07) is 19.2. The molecule has 0 aliphatic carbocycles. The van der Waals surface area contributed by atoms with Gasteiger partial charge in [0.05, 0.1) is 34.4 Å². The van der Waals surface area contributed by atoms with E-state index < -0.39 is 0 Å². The largest absolute Gasteiger partial charge is 0.495 e. The summed E-state index contributed by atoms with van der Waals surface area (Å²) < 4.78 is 13.0. The second kappa shape index (κ2) is 18.9. The van der Waals surface area contributed by atoms with Gasteiger partial charge in [-0.3, -0.25) is 0 Å². The van der Waals surface area contributed by atoms with Gasteiger partial charge >= 0.3 is 7.12 Å². The zero-order valence-electron chi connectivity index (χ0n) is 34.0. The van der Waals surface area contributed by atoms with E-state index in [9.17, 15) is 0 Å². The summed E-state index contributed by atoms with van der Waals surface area (Å²) in [5, 5.41) is 20.0. The van der Waals surface area contributed by atoms with Gasteiger partial charge in [-0.05, 0) is 164 Å². The lowest BCUT2D eigenvalue weighted by Crippen LogP contribution is -2.41. The Balaban J connectivity index is 0.000000177. The van der Waals surface area contributed by atoms with Gasteiger partial charge in [-0.25, -0.2) is 19.9 Å². The Morgan fingerprint density at radius 1 is 0.633 bits per heavy atom. The van der Waals surface area contributed by atoms with E-state index >= 15 is 0 Å². The highest BCUT2D eigenvalue weighted by atomic mass is 79.9. The molecular weight excluding hydrogens is 905 g/mol. The molecule has 0 radical (unpaired) electrons. The lowest BCUT2D eigenvalue weighted by atomic mass is 9.73. The maximum Gasteiger partial charge on any atom is 0.495 e. The monoisotopic (exact) mass is 942 g/mol. The zero-order chi connectivity index (χ0) is 44.3. The Bertz CT molecular complexity index is 2690. The Morgan fingerprint density at radius 2 is 1.05 bits per heavy atom. The molecule has 60 heavy (non-hydrogen) atoms. The number of nitrogens with zero attached hydrogens (tertiary/aromatic N) is 6. The minimum absolute atomic E-state index is 0.0949. The fourth-order valence-corrected chi connectivity index (χ4v) is 8.22. The molecule has 4 aromatic carbocycles. The van der Waals surface area contributed by atoms with Gasteiger partial charge in [0.25, 0.3) is 0 Å². The number of allylic oxidation sites excluding steroid dienone is 2. The van der Waals surface area contributed by atoms with Gasteiger partial charge in [0.1, 0.15) is 11.6 Å². The van der Waals surface area contributed by atoms with Crippen molar-refractivity contribution >= 4 is 121 Å². The van der Waals surface area contributed by atoms with Crippen LogP contribution in [0.4, 0.5) is 11.6 Å². The summed E-state index contributed by atoms with van der Waals surface area (Å²) in [6.45, 7) is 16.3. The summed E-state index contributed by atoms with van der Waals surface area (Å²) in [4.78, 5) is 16.3. The van der Waals surface area contributed by atoms with Crippen molar-refractivity contribution < 1.29 is 9.31 Å². The van der Waals surface area contributed by atoms with Crippen LogP contribution < -0.4 is 16.9 Å². The summed E-state index contributed by atoms with van der Waals surface area (Å²) in [6.07, 6.45) is 6.53. The minimum atomic E-state index is -0.344. The maximum atomic E-state index is 8.71. The van der Waals surface area contributed by atoms with Crippen LogP contribution in [0.5, 0.6) is 0 Å². The molecule has 1 aliphatic rings. The van der Waals surface area contributed by atoms with Crippen molar-refractivity contribution in [1.29, 1.82) is 10.5 Å². The second-order valence-corrected chi connectivity index (χ2v) is 17.4. The third-order valence-corrected chi connectivity index (χ3v) is 11.5. The molecule has 10 nitrogen and oxygen atoms in total. The molecule has 0 bridgehead atoms. The molecule has 16 heteroatoms. The summed E-state index contributed by atoms with van der Waals surface area (Å²) >= 11 is 27.2. The van der Waals surface area contributed by atoms with Crippen molar-refractivity contribution in [3.8, 4) is 23.3 Å². The number of aryl methyl sites for hydroxylation is 4. The van der Waals surface area contributed by atoms with E-state index in [1.54, 1.807) is 24.3 Å². The first-order chi connectivity index (χ1) is 28.2. The topological polar surface area (TPSA) is 170 Å². The molecule has 3 heterocycles. The van der Waals surface area contributed by atoms with Gasteiger partial charge in [-0.2, -0.15) is 10.5 Å². The molecule has 0 spiro atoms. The molecule has 7 rings (SSSR count). The minimum Gasteiger partial charge on any atom is -0.399 e. The van der Waals surface area contributed by atoms with Crippen molar-refractivity contribution in [2.45, 2.75) is 66.6 Å². The molecular formula is C44H40BBrCl4N8O2. The van der Waals surface area contributed by atoms with E-state index in [4.69, 9.17) is 77.7 Å². The van der Waals surface area contributed by atoms with Crippen LogP contribution in [0.3, 0.4) is 0 Å².